The van der Waals surface area contributed by atoms with E-state index in [1.165, 1.54) is 5.56 Å². The number of methoxy groups -OCH3 is 1. The molecule has 1 aromatic rings. The fraction of sp³-hybridized carbons (Fsp3) is 0.824. The Kier molecular flexibility index (Phi) is 5.08. The number of rotatable bonds is 4. The SMILES string of the molecule is COCC1CCN(S(=O)(=O)N2CCC3(CC2)OCCc2cn[nH]c23)CC1. The van der Waals surface area contributed by atoms with Crippen molar-refractivity contribution < 1.29 is 17.9 Å². The van der Waals surface area contributed by atoms with Crippen molar-refractivity contribution in [2.75, 3.05) is 46.5 Å². The number of H-pyrrole nitrogens is 1. The minimum Gasteiger partial charge on any atom is -0.384 e. The lowest BCUT2D eigenvalue weighted by molar-refractivity contribution is -0.0924. The molecular formula is C17H28N4O4S. The number of hydrogen-bond donors (Lipinski definition) is 1. The quantitative estimate of drug-likeness (QED) is 0.833. The number of fused-ring (bicyclic) bond motifs is 2. The summed E-state index contributed by atoms with van der Waals surface area (Å²) in [5.41, 5.74) is 1.84. The summed E-state index contributed by atoms with van der Waals surface area (Å²) in [6.45, 7) is 3.52. The third kappa shape index (κ3) is 3.20. The lowest BCUT2D eigenvalue weighted by Crippen LogP contribution is -2.53. The number of aromatic amines is 1. The van der Waals surface area contributed by atoms with Crippen LogP contribution in [0.4, 0.5) is 0 Å². The van der Waals surface area contributed by atoms with E-state index in [1.807, 2.05) is 6.20 Å². The van der Waals surface area contributed by atoms with Gasteiger partial charge >= 0.3 is 0 Å². The zero-order valence-corrected chi connectivity index (χ0v) is 16.1. The van der Waals surface area contributed by atoms with E-state index in [0.717, 1.165) is 25.0 Å². The van der Waals surface area contributed by atoms with Crippen LogP contribution in [0.3, 0.4) is 0 Å². The lowest BCUT2D eigenvalue weighted by Gasteiger charge is -2.44. The van der Waals surface area contributed by atoms with Crippen molar-refractivity contribution >= 4 is 10.2 Å². The molecule has 2 fully saturated rings. The molecule has 1 spiro atoms. The molecule has 0 radical (unpaired) electrons. The molecular weight excluding hydrogens is 356 g/mol. The third-order valence-corrected chi connectivity index (χ3v) is 8.12. The third-order valence-electron chi connectivity index (χ3n) is 6.08. The van der Waals surface area contributed by atoms with Gasteiger partial charge in [0.2, 0.25) is 0 Å². The Balaban J connectivity index is 1.41. The normalized spacial score (nSPS) is 25.4. The predicted molar refractivity (Wildman–Crippen MR) is 95.8 cm³/mol. The molecule has 146 valence electrons. The maximum absolute atomic E-state index is 13.0. The molecule has 0 aliphatic carbocycles. The fourth-order valence-electron chi connectivity index (χ4n) is 4.50. The van der Waals surface area contributed by atoms with Crippen LogP contribution in [-0.4, -0.2) is 73.7 Å². The van der Waals surface area contributed by atoms with E-state index in [-0.39, 0.29) is 0 Å². The minimum absolute atomic E-state index is 0.401. The maximum Gasteiger partial charge on any atom is 0.281 e. The molecule has 3 aliphatic heterocycles. The molecule has 1 N–H and O–H groups in total. The topological polar surface area (TPSA) is 87.8 Å². The largest absolute Gasteiger partial charge is 0.384 e. The van der Waals surface area contributed by atoms with Crippen LogP contribution in [0.5, 0.6) is 0 Å². The molecule has 0 bridgehead atoms. The second-order valence-electron chi connectivity index (χ2n) is 7.57. The number of nitrogens with zero attached hydrogens (tertiary/aromatic N) is 3. The summed E-state index contributed by atoms with van der Waals surface area (Å²) in [4.78, 5) is 0. The molecule has 0 aromatic carbocycles. The Bertz CT molecular complexity index is 719. The zero-order chi connectivity index (χ0) is 18.2. The molecule has 26 heavy (non-hydrogen) atoms. The summed E-state index contributed by atoms with van der Waals surface area (Å²) in [7, 11) is -1.70. The summed E-state index contributed by atoms with van der Waals surface area (Å²) in [5.74, 6) is 0.463. The smallest absolute Gasteiger partial charge is 0.281 e. The van der Waals surface area contributed by atoms with E-state index in [9.17, 15) is 8.42 Å². The van der Waals surface area contributed by atoms with Crippen LogP contribution < -0.4 is 0 Å². The van der Waals surface area contributed by atoms with Crippen molar-refractivity contribution in [2.45, 2.75) is 37.7 Å². The van der Waals surface area contributed by atoms with Crippen molar-refractivity contribution in [3.8, 4) is 0 Å². The summed E-state index contributed by atoms with van der Waals surface area (Å²) in [5, 5.41) is 7.25. The van der Waals surface area contributed by atoms with E-state index in [0.29, 0.717) is 58.2 Å². The van der Waals surface area contributed by atoms with Crippen molar-refractivity contribution in [3.63, 3.8) is 0 Å². The highest BCUT2D eigenvalue weighted by molar-refractivity contribution is 7.86. The van der Waals surface area contributed by atoms with Gasteiger partial charge in [-0.1, -0.05) is 0 Å². The van der Waals surface area contributed by atoms with Crippen LogP contribution in [0.1, 0.15) is 36.9 Å². The average molecular weight is 385 g/mol. The average Bonchev–Trinajstić information content (AvgIpc) is 3.14. The Morgan fingerprint density at radius 2 is 1.96 bits per heavy atom. The number of hydrogen-bond acceptors (Lipinski definition) is 5. The number of nitrogens with one attached hydrogen (secondary N) is 1. The van der Waals surface area contributed by atoms with Gasteiger partial charge in [-0.3, -0.25) is 5.10 Å². The highest BCUT2D eigenvalue weighted by Crippen LogP contribution is 2.41. The second kappa shape index (κ2) is 7.20. The van der Waals surface area contributed by atoms with E-state index >= 15 is 0 Å². The summed E-state index contributed by atoms with van der Waals surface area (Å²) in [6, 6.07) is 0. The summed E-state index contributed by atoms with van der Waals surface area (Å²) in [6.07, 6.45) is 5.80. The summed E-state index contributed by atoms with van der Waals surface area (Å²) >= 11 is 0. The van der Waals surface area contributed by atoms with Gasteiger partial charge in [0.05, 0.1) is 18.5 Å². The number of piperidine rings is 2. The molecule has 4 heterocycles. The van der Waals surface area contributed by atoms with Gasteiger partial charge in [0.1, 0.15) is 5.60 Å². The van der Waals surface area contributed by atoms with E-state index in [4.69, 9.17) is 9.47 Å². The lowest BCUT2D eigenvalue weighted by atomic mass is 9.84. The molecule has 0 saturated carbocycles. The van der Waals surface area contributed by atoms with Gasteiger partial charge in [-0.15, -0.1) is 0 Å². The molecule has 2 saturated heterocycles. The Hall–Kier alpha value is -1.00. The van der Waals surface area contributed by atoms with Gasteiger partial charge in [0.15, 0.2) is 0 Å². The fourth-order valence-corrected chi connectivity index (χ4v) is 6.14. The van der Waals surface area contributed by atoms with Gasteiger partial charge in [-0.25, -0.2) is 0 Å². The first kappa shape index (κ1) is 18.4. The molecule has 4 rings (SSSR count). The van der Waals surface area contributed by atoms with E-state index < -0.39 is 15.8 Å². The van der Waals surface area contributed by atoms with E-state index in [2.05, 4.69) is 10.2 Å². The summed E-state index contributed by atoms with van der Waals surface area (Å²) < 4.78 is 40.7. The van der Waals surface area contributed by atoms with Crippen molar-refractivity contribution in [1.29, 1.82) is 0 Å². The van der Waals surface area contributed by atoms with Crippen molar-refractivity contribution in [2.24, 2.45) is 5.92 Å². The van der Waals surface area contributed by atoms with Crippen LogP contribution in [0.15, 0.2) is 6.20 Å². The maximum atomic E-state index is 13.0. The van der Waals surface area contributed by atoms with Crippen LogP contribution >= 0.6 is 0 Å². The first-order chi connectivity index (χ1) is 12.5. The Labute approximate surface area is 155 Å². The highest BCUT2D eigenvalue weighted by Gasteiger charge is 2.45. The van der Waals surface area contributed by atoms with Crippen LogP contribution in [0, 0.1) is 5.92 Å². The van der Waals surface area contributed by atoms with Gasteiger partial charge in [-0.2, -0.15) is 22.1 Å². The molecule has 0 amide bonds. The first-order valence-corrected chi connectivity index (χ1v) is 10.9. The Morgan fingerprint density at radius 3 is 2.65 bits per heavy atom. The first-order valence-electron chi connectivity index (χ1n) is 9.46. The van der Waals surface area contributed by atoms with Gasteiger partial charge in [0, 0.05) is 39.9 Å². The van der Waals surface area contributed by atoms with Crippen LogP contribution in [-0.2, 0) is 31.7 Å². The van der Waals surface area contributed by atoms with Gasteiger partial charge < -0.3 is 9.47 Å². The predicted octanol–water partition coefficient (Wildman–Crippen LogP) is 0.877. The molecule has 8 nitrogen and oxygen atoms in total. The van der Waals surface area contributed by atoms with Gasteiger partial charge in [-0.05, 0) is 43.6 Å². The number of aromatic nitrogens is 2. The molecule has 0 atom stereocenters. The minimum atomic E-state index is -3.40. The van der Waals surface area contributed by atoms with E-state index in [1.54, 1.807) is 15.7 Å². The molecule has 0 unspecified atom stereocenters. The van der Waals surface area contributed by atoms with Crippen molar-refractivity contribution in [3.05, 3.63) is 17.5 Å². The van der Waals surface area contributed by atoms with Crippen LogP contribution in [0.25, 0.3) is 0 Å². The molecule has 9 heteroatoms. The number of ether oxygens (including phenoxy) is 2. The van der Waals surface area contributed by atoms with Crippen molar-refractivity contribution in [1.82, 2.24) is 18.8 Å². The second-order valence-corrected chi connectivity index (χ2v) is 9.50. The highest BCUT2D eigenvalue weighted by atomic mass is 32.2. The van der Waals surface area contributed by atoms with Crippen LogP contribution in [0.2, 0.25) is 0 Å². The zero-order valence-electron chi connectivity index (χ0n) is 15.3. The standard InChI is InChI=1S/C17H28N4O4S/c1-24-13-14-2-7-20(8-3-14)26(22,23)21-9-5-17(6-10-21)16-15(4-11-25-17)12-18-19-16/h12,14H,2-11,13H2,1H3,(H,18,19). The molecule has 3 aliphatic rings. The molecule has 1 aromatic heterocycles. The van der Waals surface area contributed by atoms with Gasteiger partial charge in [0.25, 0.3) is 10.2 Å². The monoisotopic (exact) mass is 384 g/mol. The Morgan fingerprint density at radius 1 is 1.27 bits per heavy atom.